The highest BCUT2D eigenvalue weighted by Crippen LogP contribution is 2.12. The van der Waals surface area contributed by atoms with Crippen LogP contribution >= 0.6 is 0 Å². The first kappa shape index (κ1) is 8.97. The van der Waals surface area contributed by atoms with Gasteiger partial charge in [-0.3, -0.25) is 9.63 Å². The topological polar surface area (TPSA) is 41.6 Å². The van der Waals surface area contributed by atoms with Crippen molar-refractivity contribution in [2.45, 2.75) is 31.7 Å². The highest BCUT2D eigenvalue weighted by molar-refractivity contribution is 5.81. The summed E-state index contributed by atoms with van der Waals surface area (Å²) in [5.74, 6) is 0.122. The zero-order valence-electron chi connectivity index (χ0n) is 7.79. The molecule has 0 unspecified atom stereocenters. The second-order valence-electron chi connectivity index (χ2n) is 3.63. The van der Waals surface area contributed by atoms with Gasteiger partial charge in [0.2, 0.25) is 0 Å². The molecule has 0 aromatic rings. The molecule has 4 nitrogen and oxygen atoms in total. The van der Waals surface area contributed by atoms with Gasteiger partial charge in [-0.25, -0.2) is 5.06 Å². The molecule has 1 atom stereocenters. The number of amides is 1. The van der Waals surface area contributed by atoms with Gasteiger partial charge in [0.25, 0.3) is 5.91 Å². The van der Waals surface area contributed by atoms with E-state index in [9.17, 15) is 4.79 Å². The lowest BCUT2D eigenvalue weighted by atomic mass is 10.2. The number of rotatable bonds is 1. The summed E-state index contributed by atoms with van der Waals surface area (Å²) in [4.78, 5) is 17.0. The van der Waals surface area contributed by atoms with Crippen molar-refractivity contribution in [3.05, 3.63) is 0 Å². The number of hydrogen-bond acceptors (Lipinski definition) is 3. The molecule has 0 saturated carbocycles. The predicted molar refractivity (Wildman–Crippen MR) is 47.9 cm³/mol. The second-order valence-corrected chi connectivity index (χ2v) is 3.63. The van der Waals surface area contributed by atoms with Crippen LogP contribution in [0.15, 0.2) is 0 Å². The maximum Gasteiger partial charge on any atom is 0.263 e. The molecular weight excluding hydrogens is 168 g/mol. The lowest BCUT2D eigenvalue weighted by molar-refractivity contribution is -0.198. The minimum absolute atomic E-state index is 0.0121. The molecule has 13 heavy (non-hydrogen) atoms. The molecular formula is C9H16N2O2. The number of carbonyl (C=O) groups is 1. The Morgan fingerprint density at radius 2 is 2.31 bits per heavy atom. The third-order valence-corrected chi connectivity index (χ3v) is 2.61. The summed E-state index contributed by atoms with van der Waals surface area (Å²) in [6, 6.07) is 0.0121. The van der Waals surface area contributed by atoms with Gasteiger partial charge < -0.3 is 5.32 Å². The SMILES string of the molecule is O=C([C@@H]1CCCN1)N1CCCCO1. The zero-order chi connectivity index (χ0) is 9.10. The Morgan fingerprint density at radius 3 is 2.92 bits per heavy atom. The first-order chi connectivity index (χ1) is 6.38. The average Bonchev–Trinajstić information content (AvgIpc) is 2.71. The van der Waals surface area contributed by atoms with E-state index in [0.717, 1.165) is 38.8 Å². The number of hydroxylamine groups is 2. The fourth-order valence-corrected chi connectivity index (χ4v) is 1.84. The van der Waals surface area contributed by atoms with Gasteiger partial charge in [-0.05, 0) is 32.2 Å². The minimum Gasteiger partial charge on any atom is -0.306 e. The number of nitrogens with one attached hydrogen (secondary N) is 1. The third-order valence-electron chi connectivity index (χ3n) is 2.61. The molecule has 74 valence electrons. The van der Waals surface area contributed by atoms with Crippen molar-refractivity contribution in [2.75, 3.05) is 19.7 Å². The van der Waals surface area contributed by atoms with Crippen molar-refractivity contribution >= 4 is 5.91 Å². The first-order valence-electron chi connectivity index (χ1n) is 5.05. The molecule has 0 spiro atoms. The largest absolute Gasteiger partial charge is 0.306 e. The quantitative estimate of drug-likeness (QED) is 0.637. The summed E-state index contributed by atoms with van der Waals surface area (Å²) in [5, 5.41) is 4.72. The molecule has 1 N–H and O–H groups in total. The van der Waals surface area contributed by atoms with Crippen LogP contribution in [0, 0.1) is 0 Å². The van der Waals surface area contributed by atoms with Crippen LogP contribution in [0.3, 0.4) is 0 Å². The first-order valence-corrected chi connectivity index (χ1v) is 5.05. The maximum atomic E-state index is 11.7. The molecule has 1 amide bonds. The smallest absolute Gasteiger partial charge is 0.263 e. The Bertz CT molecular complexity index is 184. The standard InChI is InChI=1S/C9H16N2O2/c12-9(8-4-3-5-10-8)11-6-1-2-7-13-11/h8,10H,1-7H2/t8-/m0/s1. The van der Waals surface area contributed by atoms with E-state index in [-0.39, 0.29) is 11.9 Å². The molecule has 0 bridgehead atoms. The molecule has 0 aromatic carbocycles. The van der Waals surface area contributed by atoms with Gasteiger partial charge in [0.1, 0.15) is 0 Å². The third kappa shape index (κ3) is 2.00. The van der Waals surface area contributed by atoms with Crippen LogP contribution < -0.4 is 5.32 Å². The number of nitrogens with zero attached hydrogens (tertiary/aromatic N) is 1. The number of hydrogen-bond donors (Lipinski definition) is 1. The van der Waals surface area contributed by atoms with Crippen LogP contribution in [0.4, 0.5) is 0 Å². The van der Waals surface area contributed by atoms with Crippen LogP contribution in [-0.4, -0.2) is 36.7 Å². The van der Waals surface area contributed by atoms with Crippen LogP contribution in [-0.2, 0) is 9.63 Å². The molecule has 0 aromatic heterocycles. The van der Waals surface area contributed by atoms with Crippen molar-refractivity contribution in [1.82, 2.24) is 10.4 Å². The fourth-order valence-electron chi connectivity index (χ4n) is 1.84. The van der Waals surface area contributed by atoms with Gasteiger partial charge in [-0.1, -0.05) is 0 Å². The molecule has 0 aliphatic carbocycles. The van der Waals surface area contributed by atoms with E-state index in [1.54, 1.807) is 0 Å². The van der Waals surface area contributed by atoms with Crippen LogP contribution in [0.2, 0.25) is 0 Å². The molecule has 2 aliphatic heterocycles. The van der Waals surface area contributed by atoms with Crippen molar-refractivity contribution in [2.24, 2.45) is 0 Å². The predicted octanol–water partition coefficient (Wildman–Crippen LogP) is 0.292. The molecule has 2 saturated heterocycles. The monoisotopic (exact) mass is 184 g/mol. The number of carbonyl (C=O) groups excluding carboxylic acids is 1. The Hall–Kier alpha value is -0.610. The normalized spacial score (nSPS) is 29.2. The van der Waals surface area contributed by atoms with Gasteiger partial charge in [-0.2, -0.15) is 0 Å². The van der Waals surface area contributed by atoms with E-state index in [0.29, 0.717) is 6.61 Å². The van der Waals surface area contributed by atoms with Gasteiger partial charge in [-0.15, -0.1) is 0 Å². The summed E-state index contributed by atoms with van der Waals surface area (Å²) in [6.07, 6.45) is 4.20. The summed E-state index contributed by atoms with van der Waals surface area (Å²) in [7, 11) is 0. The van der Waals surface area contributed by atoms with E-state index in [2.05, 4.69) is 5.32 Å². The summed E-state index contributed by atoms with van der Waals surface area (Å²) >= 11 is 0. The maximum absolute atomic E-state index is 11.7. The zero-order valence-corrected chi connectivity index (χ0v) is 7.79. The fraction of sp³-hybridized carbons (Fsp3) is 0.889. The highest BCUT2D eigenvalue weighted by atomic mass is 16.7. The molecule has 0 radical (unpaired) electrons. The van der Waals surface area contributed by atoms with Crippen molar-refractivity contribution in [3.8, 4) is 0 Å². The Labute approximate surface area is 78.2 Å². The lowest BCUT2D eigenvalue weighted by Crippen LogP contribution is -2.45. The molecule has 4 heteroatoms. The van der Waals surface area contributed by atoms with E-state index >= 15 is 0 Å². The van der Waals surface area contributed by atoms with Crippen LogP contribution in [0.5, 0.6) is 0 Å². The molecule has 2 heterocycles. The van der Waals surface area contributed by atoms with Gasteiger partial charge in [0.05, 0.1) is 12.6 Å². The van der Waals surface area contributed by atoms with E-state index in [1.165, 1.54) is 5.06 Å². The molecule has 2 rings (SSSR count). The van der Waals surface area contributed by atoms with Crippen molar-refractivity contribution in [1.29, 1.82) is 0 Å². The summed E-state index contributed by atoms with van der Waals surface area (Å²) in [5.41, 5.74) is 0. The van der Waals surface area contributed by atoms with Crippen molar-refractivity contribution in [3.63, 3.8) is 0 Å². The summed E-state index contributed by atoms with van der Waals surface area (Å²) in [6.45, 7) is 2.42. The minimum atomic E-state index is 0.0121. The Morgan fingerprint density at radius 1 is 1.38 bits per heavy atom. The average molecular weight is 184 g/mol. The lowest BCUT2D eigenvalue weighted by Gasteiger charge is -2.28. The van der Waals surface area contributed by atoms with E-state index < -0.39 is 0 Å². The van der Waals surface area contributed by atoms with Gasteiger partial charge >= 0.3 is 0 Å². The Balaban J connectivity index is 1.87. The van der Waals surface area contributed by atoms with Crippen LogP contribution in [0.25, 0.3) is 0 Å². The molecule has 2 fully saturated rings. The highest BCUT2D eigenvalue weighted by Gasteiger charge is 2.28. The van der Waals surface area contributed by atoms with Crippen LogP contribution in [0.1, 0.15) is 25.7 Å². The van der Waals surface area contributed by atoms with Gasteiger partial charge in [0, 0.05) is 6.54 Å². The van der Waals surface area contributed by atoms with Crippen molar-refractivity contribution < 1.29 is 9.63 Å². The van der Waals surface area contributed by atoms with E-state index in [1.807, 2.05) is 0 Å². The van der Waals surface area contributed by atoms with E-state index in [4.69, 9.17) is 4.84 Å². The summed E-state index contributed by atoms with van der Waals surface area (Å²) < 4.78 is 0. The van der Waals surface area contributed by atoms with Gasteiger partial charge in [0.15, 0.2) is 0 Å². The second kappa shape index (κ2) is 4.07. The molecule has 2 aliphatic rings. The Kier molecular flexibility index (Phi) is 2.80.